The summed E-state index contributed by atoms with van der Waals surface area (Å²) in [6.07, 6.45) is 0. The Morgan fingerprint density at radius 3 is 2.73 bits per heavy atom. The predicted octanol–water partition coefficient (Wildman–Crippen LogP) is 2.39. The summed E-state index contributed by atoms with van der Waals surface area (Å²) < 4.78 is 4.89. The van der Waals surface area contributed by atoms with Crippen molar-refractivity contribution in [2.45, 2.75) is 13.0 Å². The Hall–Kier alpha value is -1.51. The molecule has 0 fully saturated rings. The molecular formula is C11H11NO2S. The molecule has 0 heterocycles. The molecule has 78 valence electrons. The van der Waals surface area contributed by atoms with E-state index in [9.17, 15) is 4.79 Å². The zero-order valence-electron chi connectivity index (χ0n) is 8.34. The summed E-state index contributed by atoms with van der Waals surface area (Å²) in [7, 11) is 0. The number of hydrogen-bond donors (Lipinski definition) is 0. The molecule has 0 radical (unpaired) electrons. The number of carbonyl (C=O) groups is 1. The molecule has 0 aliphatic carbocycles. The Morgan fingerprint density at radius 2 is 2.20 bits per heavy atom. The maximum Gasteiger partial charge on any atom is 0.336 e. The molecule has 1 unspecified atom stereocenters. The number of esters is 1. The minimum atomic E-state index is -0.691. The summed E-state index contributed by atoms with van der Waals surface area (Å²) in [5.74, 6) is -0.402. The second kappa shape index (κ2) is 6.06. The lowest BCUT2D eigenvalue weighted by Crippen LogP contribution is -2.13. The van der Waals surface area contributed by atoms with E-state index < -0.39 is 12.0 Å². The highest BCUT2D eigenvalue weighted by atomic mass is 32.1. The van der Waals surface area contributed by atoms with Gasteiger partial charge < -0.3 is 4.74 Å². The van der Waals surface area contributed by atoms with Crippen LogP contribution in [0.2, 0.25) is 0 Å². The zero-order valence-corrected chi connectivity index (χ0v) is 9.16. The topological polar surface area (TPSA) is 38.7 Å². The van der Waals surface area contributed by atoms with E-state index in [1.54, 1.807) is 19.1 Å². The fraction of sp³-hybridized carbons (Fsp3) is 0.273. The normalized spacial score (nSPS) is 11.3. The van der Waals surface area contributed by atoms with Gasteiger partial charge in [-0.1, -0.05) is 30.3 Å². The molecular weight excluding hydrogens is 210 g/mol. The Labute approximate surface area is 93.8 Å². The molecule has 1 atom stereocenters. The van der Waals surface area contributed by atoms with Gasteiger partial charge in [0.05, 0.1) is 11.8 Å². The van der Waals surface area contributed by atoms with Gasteiger partial charge in [0, 0.05) is 0 Å². The van der Waals surface area contributed by atoms with Crippen LogP contribution < -0.4 is 0 Å². The first-order chi connectivity index (χ1) is 7.29. The van der Waals surface area contributed by atoms with E-state index in [4.69, 9.17) is 4.74 Å². The highest BCUT2D eigenvalue weighted by Gasteiger charge is 2.20. The summed E-state index contributed by atoms with van der Waals surface area (Å²) in [5, 5.41) is 2.21. The molecule has 15 heavy (non-hydrogen) atoms. The summed E-state index contributed by atoms with van der Waals surface area (Å²) in [5.41, 5.74) is 0.758. The highest BCUT2D eigenvalue weighted by Crippen LogP contribution is 2.18. The minimum Gasteiger partial charge on any atom is -0.464 e. The van der Waals surface area contributed by atoms with Crippen molar-refractivity contribution in [3.8, 4) is 0 Å². The van der Waals surface area contributed by atoms with Gasteiger partial charge in [0.15, 0.2) is 6.04 Å². The zero-order chi connectivity index (χ0) is 11.1. The van der Waals surface area contributed by atoms with Gasteiger partial charge in [0.1, 0.15) is 0 Å². The quantitative estimate of drug-likeness (QED) is 0.445. The number of thiocarbonyl (C=S) groups is 1. The van der Waals surface area contributed by atoms with Gasteiger partial charge in [-0.25, -0.2) is 9.79 Å². The molecule has 0 N–H and O–H groups in total. The van der Waals surface area contributed by atoms with Crippen LogP contribution in [0.5, 0.6) is 0 Å². The van der Waals surface area contributed by atoms with Crippen molar-refractivity contribution in [2.24, 2.45) is 4.99 Å². The summed E-state index contributed by atoms with van der Waals surface area (Å²) in [6.45, 7) is 2.08. The van der Waals surface area contributed by atoms with E-state index in [0.29, 0.717) is 6.61 Å². The third-order valence-electron chi connectivity index (χ3n) is 1.81. The molecule has 0 spiro atoms. The van der Waals surface area contributed by atoms with Crippen molar-refractivity contribution in [3.05, 3.63) is 35.9 Å². The van der Waals surface area contributed by atoms with Crippen molar-refractivity contribution in [1.82, 2.24) is 0 Å². The van der Waals surface area contributed by atoms with Crippen LogP contribution in [0.25, 0.3) is 0 Å². The number of benzene rings is 1. The average Bonchev–Trinajstić information content (AvgIpc) is 2.27. The third kappa shape index (κ3) is 3.27. The SMILES string of the molecule is CCOC(=O)C(N=C=S)c1ccccc1. The van der Waals surface area contributed by atoms with Crippen molar-refractivity contribution in [3.63, 3.8) is 0 Å². The van der Waals surface area contributed by atoms with Gasteiger partial charge in [-0.05, 0) is 24.7 Å². The van der Waals surface area contributed by atoms with Gasteiger partial charge in [0.25, 0.3) is 0 Å². The summed E-state index contributed by atoms with van der Waals surface area (Å²) in [6, 6.07) is 8.45. The Bertz CT molecular complexity index is 371. The first-order valence-corrected chi connectivity index (χ1v) is 4.99. The average molecular weight is 221 g/mol. The second-order valence-corrected chi connectivity index (χ2v) is 2.97. The van der Waals surface area contributed by atoms with Crippen LogP contribution in [0, 0.1) is 0 Å². The van der Waals surface area contributed by atoms with Gasteiger partial charge in [0.2, 0.25) is 0 Å². The number of aliphatic imine (C=N–C) groups is 1. The smallest absolute Gasteiger partial charge is 0.336 e. The van der Waals surface area contributed by atoms with Crippen molar-refractivity contribution < 1.29 is 9.53 Å². The fourth-order valence-corrected chi connectivity index (χ4v) is 1.28. The summed E-state index contributed by atoms with van der Waals surface area (Å²) >= 11 is 4.51. The third-order valence-corrected chi connectivity index (χ3v) is 1.91. The number of nitrogens with zero attached hydrogens (tertiary/aromatic N) is 1. The number of isothiocyanates is 1. The fourth-order valence-electron chi connectivity index (χ4n) is 1.17. The lowest BCUT2D eigenvalue weighted by Gasteiger charge is -2.09. The Balaban J connectivity index is 2.93. The lowest BCUT2D eigenvalue weighted by atomic mass is 10.1. The first-order valence-electron chi connectivity index (χ1n) is 4.58. The predicted molar refractivity (Wildman–Crippen MR) is 60.8 cm³/mol. The second-order valence-electron chi connectivity index (χ2n) is 2.79. The molecule has 3 nitrogen and oxygen atoms in total. The monoisotopic (exact) mass is 221 g/mol. The molecule has 0 amide bonds. The van der Waals surface area contributed by atoms with E-state index in [1.165, 1.54) is 0 Å². The molecule has 1 aromatic carbocycles. The van der Waals surface area contributed by atoms with Crippen LogP contribution in [0.15, 0.2) is 35.3 Å². The van der Waals surface area contributed by atoms with Gasteiger partial charge in [-0.2, -0.15) is 0 Å². The number of ether oxygens (including phenoxy) is 1. The van der Waals surface area contributed by atoms with Gasteiger partial charge >= 0.3 is 5.97 Å². The maximum absolute atomic E-state index is 11.5. The summed E-state index contributed by atoms with van der Waals surface area (Å²) in [4.78, 5) is 15.3. The molecule has 4 heteroatoms. The van der Waals surface area contributed by atoms with Crippen LogP contribution in [0.3, 0.4) is 0 Å². The largest absolute Gasteiger partial charge is 0.464 e. The molecule has 0 aromatic heterocycles. The van der Waals surface area contributed by atoms with Crippen LogP contribution in [-0.4, -0.2) is 17.7 Å². The molecule has 0 saturated heterocycles. The molecule has 1 aromatic rings. The molecule has 1 rings (SSSR count). The first kappa shape index (κ1) is 11.6. The van der Waals surface area contributed by atoms with Crippen molar-refractivity contribution in [1.29, 1.82) is 0 Å². The van der Waals surface area contributed by atoms with Crippen molar-refractivity contribution >= 4 is 23.3 Å². The lowest BCUT2D eigenvalue weighted by molar-refractivity contribution is -0.144. The molecule has 0 aliphatic rings. The standard InChI is InChI=1S/C11H11NO2S/c1-2-14-11(13)10(12-8-15)9-6-4-3-5-7-9/h3-7,10H,2H2,1H3. The Morgan fingerprint density at radius 1 is 1.53 bits per heavy atom. The highest BCUT2D eigenvalue weighted by molar-refractivity contribution is 7.78. The van der Waals surface area contributed by atoms with Crippen LogP contribution in [-0.2, 0) is 9.53 Å². The number of hydrogen-bond acceptors (Lipinski definition) is 4. The van der Waals surface area contributed by atoms with Crippen LogP contribution in [0.4, 0.5) is 0 Å². The van der Waals surface area contributed by atoms with E-state index in [0.717, 1.165) is 5.56 Å². The van der Waals surface area contributed by atoms with E-state index in [2.05, 4.69) is 22.4 Å². The number of rotatable bonds is 4. The molecule has 0 saturated carbocycles. The van der Waals surface area contributed by atoms with Gasteiger partial charge in [-0.3, -0.25) is 0 Å². The van der Waals surface area contributed by atoms with E-state index in [1.807, 2.05) is 18.2 Å². The number of carbonyl (C=O) groups excluding carboxylic acids is 1. The van der Waals surface area contributed by atoms with Crippen LogP contribution in [0.1, 0.15) is 18.5 Å². The van der Waals surface area contributed by atoms with E-state index >= 15 is 0 Å². The maximum atomic E-state index is 11.5. The molecule has 0 bridgehead atoms. The van der Waals surface area contributed by atoms with Crippen LogP contribution >= 0.6 is 12.2 Å². The minimum absolute atomic E-state index is 0.328. The Kier molecular flexibility index (Phi) is 4.68. The molecule has 0 aliphatic heterocycles. The van der Waals surface area contributed by atoms with Gasteiger partial charge in [-0.15, -0.1) is 0 Å². The van der Waals surface area contributed by atoms with Crippen molar-refractivity contribution in [2.75, 3.05) is 6.61 Å². The van der Waals surface area contributed by atoms with E-state index in [-0.39, 0.29) is 0 Å².